The van der Waals surface area contributed by atoms with E-state index < -0.39 is 13.4 Å². The zero-order chi connectivity index (χ0) is 31.9. The Kier molecular flexibility index (Phi) is 10.6. The van der Waals surface area contributed by atoms with Crippen molar-refractivity contribution in [3.8, 4) is 17.2 Å². The Morgan fingerprint density at radius 1 is 0.756 bits per heavy atom. The maximum atomic E-state index is 13.5. The number of phosphoric ester groups is 1. The van der Waals surface area contributed by atoms with Crippen LogP contribution in [-0.4, -0.2) is 40.1 Å². The average molecular weight is 633 g/mol. The maximum Gasteiger partial charge on any atom is 0.530 e. The van der Waals surface area contributed by atoms with Gasteiger partial charge in [-0.05, 0) is 65.1 Å². The van der Waals surface area contributed by atoms with E-state index in [1.54, 1.807) is 26.4 Å². The molecule has 4 aromatic rings. The number of hydrogen-bond donors (Lipinski definition) is 0. The quantitative estimate of drug-likeness (QED) is 0.102. The molecule has 1 fully saturated rings. The largest absolute Gasteiger partial charge is 0.530 e. The van der Waals surface area contributed by atoms with Crippen LogP contribution >= 0.6 is 7.82 Å². The molecule has 0 spiro atoms. The molecule has 0 radical (unpaired) electrons. The van der Waals surface area contributed by atoms with Crippen molar-refractivity contribution < 1.29 is 37.1 Å². The number of phosphoric acid groups is 1. The van der Waals surface area contributed by atoms with Crippen LogP contribution in [0.3, 0.4) is 0 Å². The van der Waals surface area contributed by atoms with Crippen molar-refractivity contribution in [2.45, 2.75) is 44.7 Å². The zero-order valence-electron chi connectivity index (χ0n) is 26.4. The fourth-order valence-electron chi connectivity index (χ4n) is 5.65. The van der Waals surface area contributed by atoms with Crippen molar-refractivity contribution in [1.82, 2.24) is 0 Å². The third-order valence-corrected chi connectivity index (χ3v) is 9.53. The lowest BCUT2D eigenvalue weighted by Crippen LogP contribution is -2.32. The molecule has 5 rings (SSSR count). The van der Waals surface area contributed by atoms with Gasteiger partial charge in [0, 0.05) is 13.0 Å². The topological polar surface area (TPSA) is 81.7 Å². The van der Waals surface area contributed by atoms with Crippen LogP contribution in [0, 0.1) is 5.92 Å². The monoisotopic (exact) mass is 632 g/mol. The molecule has 8 nitrogen and oxygen atoms in total. The first-order valence-corrected chi connectivity index (χ1v) is 16.5. The molecule has 3 unspecified atom stereocenters. The van der Waals surface area contributed by atoms with E-state index in [9.17, 15) is 4.57 Å². The minimum atomic E-state index is -3.88. The molecular weight excluding hydrogens is 591 g/mol. The fraction of sp³-hybridized carbons (Fsp3) is 0.333. The van der Waals surface area contributed by atoms with Crippen LogP contribution in [-0.2, 0) is 35.3 Å². The molecule has 1 heterocycles. The van der Waals surface area contributed by atoms with Gasteiger partial charge in [-0.25, -0.2) is 4.57 Å². The Bertz CT molecular complexity index is 1490. The summed E-state index contributed by atoms with van der Waals surface area (Å²) >= 11 is 0. The predicted octanol–water partition coefficient (Wildman–Crippen LogP) is 8.18. The van der Waals surface area contributed by atoms with Crippen LogP contribution < -0.4 is 14.0 Å². The smallest absolute Gasteiger partial charge is 0.497 e. The molecule has 1 saturated heterocycles. The molecule has 0 N–H and O–H groups in total. The molecule has 0 aromatic heterocycles. The summed E-state index contributed by atoms with van der Waals surface area (Å²) < 4.78 is 54.1. The first-order chi connectivity index (χ1) is 21.8. The minimum Gasteiger partial charge on any atom is -0.497 e. The van der Waals surface area contributed by atoms with E-state index in [2.05, 4.69) is 12.1 Å². The highest BCUT2D eigenvalue weighted by Crippen LogP contribution is 2.52. The van der Waals surface area contributed by atoms with E-state index in [0.29, 0.717) is 12.4 Å². The molecule has 0 saturated carbocycles. The minimum absolute atomic E-state index is 0.0721. The van der Waals surface area contributed by atoms with Gasteiger partial charge in [-0.15, -0.1) is 0 Å². The van der Waals surface area contributed by atoms with E-state index in [1.807, 2.05) is 92.7 Å². The van der Waals surface area contributed by atoms with Gasteiger partial charge < -0.3 is 23.5 Å². The molecule has 9 heteroatoms. The van der Waals surface area contributed by atoms with Crippen molar-refractivity contribution in [3.63, 3.8) is 0 Å². The second-order valence-electron chi connectivity index (χ2n) is 11.0. The summed E-state index contributed by atoms with van der Waals surface area (Å²) in [6.45, 7) is 4.82. The molecule has 0 bridgehead atoms. The number of methoxy groups -OCH3 is 2. The van der Waals surface area contributed by atoms with Crippen molar-refractivity contribution in [2.24, 2.45) is 5.92 Å². The molecule has 1 aliphatic rings. The molecular formula is C36H41O8P. The van der Waals surface area contributed by atoms with E-state index >= 15 is 0 Å². The van der Waals surface area contributed by atoms with Crippen LogP contribution in [0.2, 0.25) is 0 Å². The van der Waals surface area contributed by atoms with Crippen molar-refractivity contribution in [2.75, 3.05) is 27.9 Å². The molecule has 238 valence electrons. The Labute approximate surface area is 265 Å². The van der Waals surface area contributed by atoms with Gasteiger partial charge in [0.15, 0.2) is 0 Å². The lowest BCUT2D eigenvalue weighted by atomic mass is 9.80. The molecule has 0 aliphatic carbocycles. The third-order valence-electron chi connectivity index (χ3n) is 8.15. The Balaban J connectivity index is 1.42. The Morgan fingerprint density at radius 2 is 1.29 bits per heavy atom. The van der Waals surface area contributed by atoms with Crippen LogP contribution in [0.15, 0.2) is 103 Å². The van der Waals surface area contributed by atoms with Crippen molar-refractivity contribution in [1.29, 1.82) is 0 Å². The number of rotatable bonds is 14. The molecule has 4 aromatic carbocycles. The van der Waals surface area contributed by atoms with Gasteiger partial charge in [-0.3, -0.25) is 9.05 Å². The van der Waals surface area contributed by atoms with Crippen molar-refractivity contribution in [3.05, 3.63) is 125 Å². The second-order valence-corrected chi connectivity index (χ2v) is 12.6. The summed E-state index contributed by atoms with van der Waals surface area (Å²) in [6, 6.07) is 33.2. The molecule has 1 aliphatic heterocycles. The highest BCUT2D eigenvalue weighted by atomic mass is 31.2. The van der Waals surface area contributed by atoms with Gasteiger partial charge in [0.05, 0.1) is 33.5 Å². The summed E-state index contributed by atoms with van der Waals surface area (Å²) in [5.74, 6) is 1.94. The normalized spacial score (nSPS) is 19.5. The van der Waals surface area contributed by atoms with Gasteiger partial charge in [-0.2, -0.15) is 0 Å². The lowest BCUT2D eigenvalue weighted by molar-refractivity contribution is 0.000181. The van der Waals surface area contributed by atoms with Crippen molar-refractivity contribution >= 4 is 7.82 Å². The van der Waals surface area contributed by atoms with Gasteiger partial charge in [0.25, 0.3) is 0 Å². The number of benzene rings is 4. The number of hydrogen-bond acceptors (Lipinski definition) is 8. The fourth-order valence-corrected chi connectivity index (χ4v) is 6.87. The molecule has 45 heavy (non-hydrogen) atoms. The number of ether oxygens (including phenoxy) is 4. The van der Waals surface area contributed by atoms with Gasteiger partial charge in [0.2, 0.25) is 0 Å². The first kappa shape index (κ1) is 32.7. The molecule has 0 amide bonds. The van der Waals surface area contributed by atoms with Gasteiger partial charge in [-0.1, -0.05) is 80.6 Å². The average Bonchev–Trinajstić information content (AvgIpc) is 3.44. The van der Waals surface area contributed by atoms with E-state index in [0.717, 1.165) is 40.2 Å². The predicted molar refractivity (Wildman–Crippen MR) is 173 cm³/mol. The summed E-state index contributed by atoms with van der Waals surface area (Å²) in [6.07, 6.45) is 0.202. The van der Waals surface area contributed by atoms with Gasteiger partial charge in [0.1, 0.15) is 29.0 Å². The standard InChI is InChI=1S/C36H41O8P/c1-6-34-35(26(2)24-41-34)44-45(37,40-5)43-33-18-12-27(13-19-33)25-42-36(28-10-8-7-9-11-28,29-14-20-31(38-3)21-15-29)30-16-22-32(39-4)23-17-30/h7-23,26,34-35H,6,24-25H2,1-5H3/t26?,34-,35?,45?/m1/s1. The van der Waals surface area contributed by atoms with Gasteiger partial charge >= 0.3 is 7.82 Å². The highest BCUT2D eigenvalue weighted by Gasteiger charge is 2.42. The highest BCUT2D eigenvalue weighted by molar-refractivity contribution is 7.48. The molecule has 4 atom stereocenters. The van der Waals surface area contributed by atoms with Crippen LogP contribution in [0.4, 0.5) is 0 Å². The van der Waals surface area contributed by atoms with Crippen LogP contribution in [0.5, 0.6) is 17.2 Å². The van der Waals surface area contributed by atoms with Crippen LogP contribution in [0.1, 0.15) is 42.5 Å². The van der Waals surface area contributed by atoms with Crippen LogP contribution in [0.25, 0.3) is 0 Å². The first-order valence-electron chi connectivity index (χ1n) is 15.1. The Morgan fingerprint density at radius 3 is 1.80 bits per heavy atom. The summed E-state index contributed by atoms with van der Waals surface area (Å²) in [7, 11) is 0.741. The zero-order valence-corrected chi connectivity index (χ0v) is 27.3. The lowest BCUT2D eigenvalue weighted by Gasteiger charge is -2.36. The SMILES string of the molecule is CC[C@H]1OCC(C)C1OP(=O)(OC)Oc1ccc(COC(c2ccccc2)(c2ccc(OC)cc2)c2ccc(OC)cc2)cc1. The van der Waals surface area contributed by atoms with E-state index in [4.69, 9.17) is 32.5 Å². The van der Waals surface area contributed by atoms with E-state index in [1.165, 1.54) is 7.11 Å². The summed E-state index contributed by atoms with van der Waals surface area (Å²) in [4.78, 5) is 0. The second kappa shape index (κ2) is 14.6. The summed E-state index contributed by atoms with van der Waals surface area (Å²) in [5.41, 5.74) is 2.78. The maximum absolute atomic E-state index is 13.5. The Hall–Kier alpha value is -3.65. The summed E-state index contributed by atoms with van der Waals surface area (Å²) in [5, 5.41) is 0. The van der Waals surface area contributed by atoms with E-state index in [-0.39, 0.29) is 24.7 Å². The third kappa shape index (κ3) is 7.27.